The third kappa shape index (κ3) is 4.17. The molecule has 0 atom stereocenters. The van der Waals surface area contributed by atoms with Crippen molar-refractivity contribution in [3.05, 3.63) is 23.9 Å². The van der Waals surface area contributed by atoms with E-state index in [4.69, 9.17) is 9.57 Å². The van der Waals surface area contributed by atoms with Crippen molar-refractivity contribution in [1.29, 1.82) is 0 Å². The van der Waals surface area contributed by atoms with Crippen LogP contribution >= 0.6 is 0 Å². The Balaban J connectivity index is 1.68. The molecule has 0 N–H and O–H groups in total. The molecule has 0 radical (unpaired) electrons. The second-order valence-corrected chi connectivity index (χ2v) is 4.50. The Kier molecular flexibility index (Phi) is 4.96. The molecule has 2 heterocycles. The molecule has 1 aromatic rings. The van der Waals surface area contributed by atoms with E-state index < -0.39 is 11.7 Å². The van der Waals surface area contributed by atoms with Crippen molar-refractivity contribution in [2.24, 2.45) is 0 Å². The van der Waals surface area contributed by atoms with Crippen LogP contribution in [0.2, 0.25) is 0 Å². The maximum atomic E-state index is 12.3. The molecule has 1 aromatic heterocycles. The Morgan fingerprint density at radius 3 is 2.36 bits per heavy atom. The Morgan fingerprint density at radius 2 is 1.82 bits per heavy atom. The van der Waals surface area contributed by atoms with E-state index in [-0.39, 0.29) is 43.7 Å². The van der Waals surface area contributed by atoms with E-state index in [2.05, 4.69) is 4.98 Å². The lowest BCUT2D eigenvalue weighted by molar-refractivity contribution is -0.188. The molecule has 0 saturated carbocycles. The van der Waals surface area contributed by atoms with Gasteiger partial charge in [0, 0.05) is 31.5 Å². The molecular formula is C13H13F3N2O4. The van der Waals surface area contributed by atoms with Crippen LogP contribution in [-0.4, -0.2) is 35.1 Å². The van der Waals surface area contributed by atoms with Crippen molar-refractivity contribution in [3.8, 4) is 5.88 Å². The first-order valence-corrected chi connectivity index (χ1v) is 6.52. The first kappa shape index (κ1) is 16.2. The van der Waals surface area contributed by atoms with Gasteiger partial charge < -0.3 is 4.74 Å². The van der Waals surface area contributed by atoms with Gasteiger partial charge in [0.15, 0.2) is 0 Å². The number of alkyl halides is 3. The van der Waals surface area contributed by atoms with Crippen molar-refractivity contribution >= 4 is 11.8 Å². The average molecular weight is 318 g/mol. The Bertz CT molecular complexity index is 529. The summed E-state index contributed by atoms with van der Waals surface area (Å²) in [6, 6.07) is 2.00. The summed E-state index contributed by atoms with van der Waals surface area (Å²) in [5, 5.41) is 0.733. The van der Waals surface area contributed by atoms with Crippen LogP contribution in [0.15, 0.2) is 18.3 Å². The number of imide groups is 1. The predicted octanol–water partition coefficient (Wildman–Crippen LogP) is 1.95. The number of rotatable bonds is 6. The molecule has 0 spiro atoms. The molecule has 2 amide bonds. The maximum absolute atomic E-state index is 12.3. The lowest BCUT2D eigenvalue weighted by atomic mass is 10.3. The summed E-state index contributed by atoms with van der Waals surface area (Å²) in [5.74, 6) is -0.702. The average Bonchev–Trinajstić information content (AvgIpc) is 2.78. The number of hydrogen-bond donors (Lipinski definition) is 0. The molecule has 1 aliphatic heterocycles. The van der Waals surface area contributed by atoms with E-state index in [1.165, 1.54) is 0 Å². The SMILES string of the molecule is O=C1CCC(=O)N1OCCCOc1ccc(C(F)(F)F)cn1. The summed E-state index contributed by atoms with van der Waals surface area (Å²) in [7, 11) is 0. The van der Waals surface area contributed by atoms with Crippen LogP contribution in [0.25, 0.3) is 0 Å². The molecule has 1 saturated heterocycles. The summed E-state index contributed by atoms with van der Waals surface area (Å²) in [5.41, 5.74) is -0.853. The normalized spacial score (nSPS) is 15.5. The van der Waals surface area contributed by atoms with Gasteiger partial charge in [0.1, 0.15) is 0 Å². The second-order valence-electron chi connectivity index (χ2n) is 4.50. The highest BCUT2D eigenvalue weighted by molar-refractivity contribution is 6.00. The lowest BCUT2D eigenvalue weighted by Gasteiger charge is -2.13. The number of pyridine rings is 1. The summed E-state index contributed by atoms with van der Waals surface area (Å²) in [6.07, 6.45) is -3.11. The fourth-order valence-corrected chi connectivity index (χ4v) is 1.72. The number of carbonyl (C=O) groups excluding carboxylic acids is 2. The number of aromatic nitrogens is 1. The number of halogens is 3. The molecule has 120 valence electrons. The molecule has 0 aromatic carbocycles. The fraction of sp³-hybridized carbons (Fsp3) is 0.462. The van der Waals surface area contributed by atoms with Gasteiger partial charge >= 0.3 is 6.18 Å². The largest absolute Gasteiger partial charge is 0.478 e. The van der Waals surface area contributed by atoms with Gasteiger partial charge in [-0.25, -0.2) is 4.98 Å². The van der Waals surface area contributed by atoms with Gasteiger partial charge in [-0.3, -0.25) is 14.4 Å². The Labute approximate surface area is 123 Å². The molecule has 6 nitrogen and oxygen atoms in total. The molecule has 1 fully saturated rings. The number of amides is 2. The lowest BCUT2D eigenvalue weighted by Crippen LogP contribution is -2.30. The zero-order chi connectivity index (χ0) is 16.2. The van der Waals surface area contributed by atoms with E-state index in [9.17, 15) is 22.8 Å². The van der Waals surface area contributed by atoms with Crippen LogP contribution in [0.1, 0.15) is 24.8 Å². The molecule has 0 unspecified atom stereocenters. The highest BCUT2D eigenvalue weighted by Crippen LogP contribution is 2.29. The van der Waals surface area contributed by atoms with Crippen molar-refractivity contribution in [2.45, 2.75) is 25.4 Å². The summed E-state index contributed by atoms with van der Waals surface area (Å²) in [4.78, 5) is 31.0. The monoisotopic (exact) mass is 318 g/mol. The fourth-order valence-electron chi connectivity index (χ4n) is 1.72. The summed E-state index contributed by atoms with van der Waals surface area (Å²) < 4.78 is 42.1. The minimum atomic E-state index is -4.44. The molecule has 0 aliphatic carbocycles. The Morgan fingerprint density at radius 1 is 1.14 bits per heavy atom. The first-order valence-electron chi connectivity index (χ1n) is 6.52. The van der Waals surface area contributed by atoms with Crippen molar-refractivity contribution in [2.75, 3.05) is 13.2 Å². The topological polar surface area (TPSA) is 68.7 Å². The molecular weight excluding hydrogens is 305 g/mol. The van der Waals surface area contributed by atoms with Crippen molar-refractivity contribution in [1.82, 2.24) is 10.0 Å². The number of hydroxylamine groups is 2. The zero-order valence-electron chi connectivity index (χ0n) is 11.4. The smallest absolute Gasteiger partial charge is 0.417 e. The van der Waals surface area contributed by atoms with Gasteiger partial charge in [-0.2, -0.15) is 18.2 Å². The molecule has 9 heteroatoms. The maximum Gasteiger partial charge on any atom is 0.417 e. The second kappa shape index (κ2) is 6.73. The van der Waals surface area contributed by atoms with E-state index in [1.54, 1.807) is 0 Å². The van der Waals surface area contributed by atoms with E-state index in [0.717, 1.165) is 17.2 Å². The third-order valence-electron chi connectivity index (χ3n) is 2.83. The molecule has 2 rings (SSSR count). The quantitative estimate of drug-likeness (QED) is 0.592. The van der Waals surface area contributed by atoms with Gasteiger partial charge in [0.2, 0.25) is 5.88 Å². The van der Waals surface area contributed by atoms with Gasteiger partial charge in [-0.05, 0) is 6.07 Å². The molecule has 0 bridgehead atoms. The van der Waals surface area contributed by atoms with Gasteiger partial charge in [0.05, 0.1) is 18.8 Å². The van der Waals surface area contributed by atoms with Crippen LogP contribution in [0.4, 0.5) is 13.2 Å². The summed E-state index contributed by atoms with van der Waals surface area (Å²) >= 11 is 0. The number of nitrogens with zero attached hydrogens (tertiary/aromatic N) is 2. The Hall–Kier alpha value is -2.16. The van der Waals surface area contributed by atoms with E-state index >= 15 is 0 Å². The van der Waals surface area contributed by atoms with Crippen LogP contribution in [-0.2, 0) is 20.6 Å². The van der Waals surface area contributed by atoms with E-state index in [1.807, 2.05) is 0 Å². The number of hydrogen-bond acceptors (Lipinski definition) is 5. The van der Waals surface area contributed by atoms with Crippen molar-refractivity contribution < 1.29 is 32.3 Å². The van der Waals surface area contributed by atoms with Gasteiger partial charge in [0.25, 0.3) is 11.8 Å². The highest BCUT2D eigenvalue weighted by Gasteiger charge is 2.31. The predicted molar refractivity (Wildman–Crippen MR) is 66.4 cm³/mol. The van der Waals surface area contributed by atoms with Crippen LogP contribution in [0.3, 0.4) is 0 Å². The number of ether oxygens (including phenoxy) is 1. The number of carbonyl (C=O) groups is 2. The summed E-state index contributed by atoms with van der Waals surface area (Å²) in [6.45, 7) is 0.215. The highest BCUT2D eigenvalue weighted by atomic mass is 19.4. The molecule has 22 heavy (non-hydrogen) atoms. The first-order chi connectivity index (χ1) is 10.4. The third-order valence-corrected chi connectivity index (χ3v) is 2.83. The van der Waals surface area contributed by atoms with Gasteiger partial charge in [-0.1, -0.05) is 0 Å². The van der Waals surface area contributed by atoms with E-state index in [0.29, 0.717) is 12.6 Å². The van der Waals surface area contributed by atoms with Gasteiger partial charge in [-0.15, -0.1) is 0 Å². The minimum absolute atomic E-state index is 0.0568. The zero-order valence-corrected chi connectivity index (χ0v) is 11.4. The van der Waals surface area contributed by atoms with Crippen LogP contribution in [0, 0.1) is 0 Å². The van der Waals surface area contributed by atoms with Crippen LogP contribution < -0.4 is 4.74 Å². The standard InChI is InChI=1S/C13H13F3N2O4/c14-13(15,16)9-2-3-10(17-8-9)21-6-1-7-22-18-11(19)4-5-12(18)20/h2-3,8H,1,4-7H2. The van der Waals surface area contributed by atoms with Crippen LogP contribution in [0.5, 0.6) is 5.88 Å². The van der Waals surface area contributed by atoms with Crippen molar-refractivity contribution in [3.63, 3.8) is 0 Å². The minimum Gasteiger partial charge on any atom is -0.478 e. The molecule has 1 aliphatic rings.